The Labute approximate surface area is 63.6 Å². The lowest BCUT2D eigenvalue weighted by Gasteiger charge is -2.34. The quantitative estimate of drug-likeness (QED) is 0.626. The molecule has 1 saturated heterocycles. The van der Waals surface area contributed by atoms with E-state index in [9.17, 15) is 0 Å². The Morgan fingerprint density at radius 1 is 1.50 bits per heavy atom. The lowest BCUT2D eigenvalue weighted by atomic mass is 10.0. The van der Waals surface area contributed by atoms with E-state index in [2.05, 4.69) is 17.4 Å². The van der Waals surface area contributed by atoms with Gasteiger partial charge in [0.2, 0.25) is 0 Å². The predicted molar refractivity (Wildman–Crippen MR) is 43.7 cm³/mol. The van der Waals surface area contributed by atoms with Crippen molar-refractivity contribution in [3.63, 3.8) is 0 Å². The van der Waals surface area contributed by atoms with Crippen molar-refractivity contribution in [1.82, 2.24) is 10.4 Å². The van der Waals surface area contributed by atoms with Gasteiger partial charge in [-0.2, -0.15) is 0 Å². The van der Waals surface area contributed by atoms with Gasteiger partial charge in [-0.15, -0.1) is 0 Å². The molecule has 1 aliphatic rings. The van der Waals surface area contributed by atoms with Gasteiger partial charge in [-0.05, 0) is 26.3 Å². The van der Waals surface area contributed by atoms with Crippen LogP contribution < -0.4 is 5.43 Å². The van der Waals surface area contributed by atoms with Gasteiger partial charge in [-0.3, -0.25) is 5.43 Å². The van der Waals surface area contributed by atoms with Crippen LogP contribution >= 0.6 is 0 Å². The maximum Gasteiger partial charge on any atom is 0.0240 e. The lowest BCUT2D eigenvalue weighted by molar-refractivity contribution is 0.0956. The molecule has 0 aromatic carbocycles. The highest BCUT2D eigenvalue weighted by Gasteiger charge is 2.18. The number of nitrogens with one attached hydrogen (secondary N) is 1. The molecule has 1 N–H and O–H groups in total. The molecular weight excluding hydrogens is 124 g/mol. The number of hydrogen-bond donors (Lipinski definition) is 1. The largest absolute Gasteiger partial charge is 0.258 e. The molecule has 1 atom stereocenters. The zero-order chi connectivity index (χ0) is 7.40. The zero-order valence-corrected chi connectivity index (χ0v) is 7.06. The zero-order valence-electron chi connectivity index (χ0n) is 7.06. The number of nitrogens with zero attached hydrogens (tertiary/aromatic N) is 1. The van der Waals surface area contributed by atoms with Crippen LogP contribution in [0.5, 0.6) is 0 Å². The summed E-state index contributed by atoms with van der Waals surface area (Å²) in [6.07, 6.45) is 5.42. The first-order valence-electron chi connectivity index (χ1n) is 4.32. The summed E-state index contributed by atoms with van der Waals surface area (Å²) in [6.45, 7) is 3.50. The van der Waals surface area contributed by atoms with E-state index in [-0.39, 0.29) is 0 Å². The average Bonchev–Trinajstić information content (AvgIpc) is 2.04. The molecule has 0 aromatic heterocycles. The molecule has 0 radical (unpaired) electrons. The summed E-state index contributed by atoms with van der Waals surface area (Å²) < 4.78 is 0. The van der Waals surface area contributed by atoms with Crippen LogP contribution in [0.1, 0.15) is 32.6 Å². The van der Waals surface area contributed by atoms with Gasteiger partial charge in [-0.25, -0.2) is 5.01 Å². The van der Waals surface area contributed by atoms with E-state index in [1.807, 2.05) is 7.05 Å². The van der Waals surface area contributed by atoms with Gasteiger partial charge in [-0.1, -0.05) is 13.3 Å². The van der Waals surface area contributed by atoms with E-state index < -0.39 is 0 Å². The predicted octanol–water partition coefficient (Wildman–Crippen LogP) is 1.39. The Kier molecular flexibility index (Phi) is 3.16. The van der Waals surface area contributed by atoms with Crippen molar-refractivity contribution in [2.24, 2.45) is 0 Å². The SMILES string of the molecule is CCC1CCCCN1NC. The molecule has 1 aliphatic heterocycles. The second kappa shape index (κ2) is 3.94. The van der Waals surface area contributed by atoms with E-state index in [1.165, 1.54) is 32.2 Å². The van der Waals surface area contributed by atoms with E-state index >= 15 is 0 Å². The average molecular weight is 142 g/mol. The molecular formula is C8H18N2. The van der Waals surface area contributed by atoms with Gasteiger partial charge >= 0.3 is 0 Å². The van der Waals surface area contributed by atoms with Crippen molar-refractivity contribution in [3.8, 4) is 0 Å². The van der Waals surface area contributed by atoms with Gasteiger partial charge in [0.25, 0.3) is 0 Å². The van der Waals surface area contributed by atoms with E-state index in [1.54, 1.807) is 0 Å². The third-order valence-electron chi connectivity index (χ3n) is 2.39. The molecule has 0 saturated carbocycles. The molecule has 0 bridgehead atoms. The molecule has 0 aliphatic carbocycles. The third-order valence-corrected chi connectivity index (χ3v) is 2.39. The van der Waals surface area contributed by atoms with Crippen molar-refractivity contribution >= 4 is 0 Å². The molecule has 1 rings (SSSR count). The van der Waals surface area contributed by atoms with Crippen molar-refractivity contribution in [1.29, 1.82) is 0 Å². The van der Waals surface area contributed by atoms with Gasteiger partial charge in [0.15, 0.2) is 0 Å². The normalized spacial score (nSPS) is 28.8. The first kappa shape index (κ1) is 8.02. The summed E-state index contributed by atoms with van der Waals surface area (Å²) >= 11 is 0. The van der Waals surface area contributed by atoms with Crippen LogP contribution in [-0.4, -0.2) is 24.6 Å². The molecule has 10 heavy (non-hydrogen) atoms. The summed E-state index contributed by atoms with van der Waals surface area (Å²) in [5.74, 6) is 0. The molecule has 1 fully saturated rings. The third kappa shape index (κ3) is 1.70. The van der Waals surface area contributed by atoms with Crippen LogP contribution in [-0.2, 0) is 0 Å². The van der Waals surface area contributed by atoms with Crippen molar-refractivity contribution in [3.05, 3.63) is 0 Å². The molecule has 2 heteroatoms. The molecule has 60 valence electrons. The fourth-order valence-electron chi connectivity index (χ4n) is 1.72. The second-order valence-corrected chi connectivity index (χ2v) is 2.97. The minimum Gasteiger partial charge on any atom is -0.258 e. The highest BCUT2D eigenvalue weighted by Crippen LogP contribution is 2.16. The Hall–Kier alpha value is -0.0800. The van der Waals surface area contributed by atoms with E-state index in [4.69, 9.17) is 0 Å². The number of rotatable bonds is 2. The summed E-state index contributed by atoms with van der Waals surface area (Å²) in [4.78, 5) is 0. The van der Waals surface area contributed by atoms with E-state index in [0.717, 1.165) is 6.04 Å². The van der Waals surface area contributed by atoms with Crippen LogP contribution in [0, 0.1) is 0 Å². The van der Waals surface area contributed by atoms with Crippen LogP contribution in [0.15, 0.2) is 0 Å². The number of piperidine rings is 1. The van der Waals surface area contributed by atoms with Crippen molar-refractivity contribution in [2.45, 2.75) is 38.6 Å². The summed E-state index contributed by atoms with van der Waals surface area (Å²) in [5.41, 5.74) is 3.24. The highest BCUT2D eigenvalue weighted by atomic mass is 15.5. The lowest BCUT2D eigenvalue weighted by Crippen LogP contribution is -2.46. The molecule has 1 unspecified atom stereocenters. The smallest absolute Gasteiger partial charge is 0.0240 e. The Balaban J connectivity index is 2.34. The topological polar surface area (TPSA) is 15.3 Å². The maximum absolute atomic E-state index is 3.24. The summed E-state index contributed by atoms with van der Waals surface area (Å²) in [6, 6.07) is 0.791. The molecule has 0 aromatic rings. The fourth-order valence-corrected chi connectivity index (χ4v) is 1.72. The highest BCUT2D eigenvalue weighted by molar-refractivity contribution is 4.71. The number of hydrogen-bond acceptors (Lipinski definition) is 2. The minimum atomic E-state index is 0.791. The van der Waals surface area contributed by atoms with Crippen molar-refractivity contribution in [2.75, 3.05) is 13.6 Å². The monoisotopic (exact) mass is 142 g/mol. The Morgan fingerprint density at radius 3 is 2.80 bits per heavy atom. The second-order valence-electron chi connectivity index (χ2n) is 2.97. The number of hydrazine groups is 1. The molecule has 0 amide bonds. The summed E-state index contributed by atoms with van der Waals surface area (Å²) in [5, 5.41) is 2.36. The summed E-state index contributed by atoms with van der Waals surface area (Å²) in [7, 11) is 2.02. The van der Waals surface area contributed by atoms with Gasteiger partial charge < -0.3 is 0 Å². The fraction of sp³-hybridized carbons (Fsp3) is 1.00. The van der Waals surface area contributed by atoms with Gasteiger partial charge in [0.05, 0.1) is 0 Å². The van der Waals surface area contributed by atoms with Crippen molar-refractivity contribution < 1.29 is 0 Å². The van der Waals surface area contributed by atoms with Gasteiger partial charge in [0, 0.05) is 12.6 Å². The van der Waals surface area contributed by atoms with Gasteiger partial charge in [0.1, 0.15) is 0 Å². The minimum absolute atomic E-state index is 0.791. The molecule has 2 nitrogen and oxygen atoms in total. The first-order chi connectivity index (χ1) is 4.88. The maximum atomic E-state index is 3.24. The van der Waals surface area contributed by atoms with Crippen LogP contribution in [0.3, 0.4) is 0 Å². The van der Waals surface area contributed by atoms with Crippen LogP contribution in [0.4, 0.5) is 0 Å². The Morgan fingerprint density at radius 2 is 2.30 bits per heavy atom. The molecule has 0 spiro atoms. The standard InChI is InChI=1S/C8H18N2/c1-3-8-6-4-5-7-10(8)9-2/h8-9H,3-7H2,1-2H3. The van der Waals surface area contributed by atoms with E-state index in [0.29, 0.717) is 0 Å². The van der Waals surface area contributed by atoms with Crippen LogP contribution in [0.2, 0.25) is 0 Å². The Bertz CT molecular complexity index is 81.3. The molecule has 1 heterocycles. The first-order valence-corrected chi connectivity index (χ1v) is 4.32. The van der Waals surface area contributed by atoms with Crippen LogP contribution in [0.25, 0.3) is 0 Å².